The van der Waals surface area contributed by atoms with Gasteiger partial charge in [-0.15, -0.1) is 0 Å². The van der Waals surface area contributed by atoms with Crippen molar-refractivity contribution < 1.29 is 17.8 Å². The van der Waals surface area contributed by atoms with Gasteiger partial charge in [0.2, 0.25) is 0 Å². The lowest BCUT2D eigenvalue weighted by molar-refractivity contribution is -0.116. The summed E-state index contributed by atoms with van der Waals surface area (Å²) >= 11 is 11.6. The Balaban J connectivity index is 2.52. The number of amides is 1. The Morgan fingerprint density at radius 3 is 2.30 bits per heavy atom. The van der Waals surface area contributed by atoms with Gasteiger partial charge in [0.1, 0.15) is 4.90 Å². The van der Waals surface area contributed by atoms with Crippen LogP contribution in [0.25, 0.3) is 0 Å². The van der Waals surface area contributed by atoms with Gasteiger partial charge in [0.05, 0.1) is 22.2 Å². The van der Waals surface area contributed by atoms with E-state index in [9.17, 15) is 13.2 Å². The van der Waals surface area contributed by atoms with Crippen LogP contribution in [0.5, 0.6) is 0 Å². The number of hydrogen-bond donors (Lipinski definition) is 1. The molecule has 1 aliphatic rings. The van der Waals surface area contributed by atoms with Crippen molar-refractivity contribution in [1.82, 2.24) is 0 Å². The molecule has 0 spiro atoms. The summed E-state index contributed by atoms with van der Waals surface area (Å²) in [5.74, 6) is -0.256. The molecule has 0 saturated heterocycles. The van der Waals surface area contributed by atoms with Crippen LogP contribution < -0.4 is 5.01 Å². The smallest absolute Gasteiger partial charge is 0.282 e. The van der Waals surface area contributed by atoms with E-state index in [0.717, 1.165) is 5.01 Å². The van der Waals surface area contributed by atoms with Gasteiger partial charge in [-0.1, -0.05) is 30.1 Å². The zero-order chi connectivity index (χ0) is 15.1. The van der Waals surface area contributed by atoms with Crippen LogP contribution in [-0.2, 0) is 14.9 Å². The topological polar surface area (TPSA) is 87.0 Å². The van der Waals surface area contributed by atoms with E-state index in [1.54, 1.807) is 0 Å². The third-order valence-corrected chi connectivity index (χ3v) is 4.50. The molecular formula is C11H10Cl2N2O4S. The molecule has 0 fully saturated rings. The SMILES string of the molecule is CCC1=NN(c2cc(Cl)c(S(=O)(=O)O)c(Cl)c2)C(=O)C1. The van der Waals surface area contributed by atoms with Crippen molar-refractivity contribution in [3.63, 3.8) is 0 Å². The number of carbonyl (C=O) groups is 1. The van der Waals surface area contributed by atoms with Crippen LogP contribution in [0.4, 0.5) is 5.69 Å². The second-order valence-corrected chi connectivity index (χ2v) is 6.29. The summed E-state index contributed by atoms with van der Waals surface area (Å²) in [6, 6.07) is 2.44. The molecule has 108 valence electrons. The van der Waals surface area contributed by atoms with Crippen molar-refractivity contribution in [3.8, 4) is 0 Å². The molecule has 0 unspecified atom stereocenters. The number of nitrogens with zero attached hydrogens (tertiary/aromatic N) is 2. The number of rotatable bonds is 3. The van der Waals surface area contributed by atoms with Gasteiger partial charge in [0.25, 0.3) is 16.0 Å². The van der Waals surface area contributed by atoms with Crippen molar-refractivity contribution in [2.75, 3.05) is 5.01 Å². The summed E-state index contributed by atoms with van der Waals surface area (Å²) in [7, 11) is -4.54. The summed E-state index contributed by atoms with van der Waals surface area (Å²) in [5.41, 5.74) is 0.960. The molecule has 1 aliphatic heterocycles. The maximum atomic E-state index is 11.8. The molecule has 0 bridgehead atoms. The summed E-state index contributed by atoms with van der Waals surface area (Å²) in [4.78, 5) is 11.2. The number of anilines is 1. The fourth-order valence-corrected chi connectivity index (χ4v) is 3.47. The molecule has 1 amide bonds. The minimum absolute atomic E-state index is 0.200. The van der Waals surface area contributed by atoms with Crippen molar-refractivity contribution in [1.29, 1.82) is 0 Å². The van der Waals surface area contributed by atoms with Crippen molar-refractivity contribution >= 4 is 50.6 Å². The Morgan fingerprint density at radius 2 is 1.90 bits per heavy atom. The molecule has 1 aromatic carbocycles. The zero-order valence-electron chi connectivity index (χ0n) is 10.3. The highest BCUT2D eigenvalue weighted by Crippen LogP contribution is 2.35. The van der Waals surface area contributed by atoms with Gasteiger partial charge in [-0.05, 0) is 18.6 Å². The molecule has 6 nitrogen and oxygen atoms in total. The molecule has 0 aromatic heterocycles. The first-order valence-electron chi connectivity index (χ1n) is 5.60. The summed E-state index contributed by atoms with van der Waals surface area (Å²) in [6.45, 7) is 1.87. The standard InChI is InChI=1S/C11H10Cl2N2O4S/c1-2-6-3-10(16)15(14-6)7-4-8(12)11(9(13)5-7)20(17,18)19/h4-5H,2-3H2,1H3,(H,17,18,19). The summed E-state index contributed by atoms with van der Waals surface area (Å²) < 4.78 is 31.3. The van der Waals surface area contributed by atoms with Crippen LogP contribution in [0.2, 0.25) is 10.0 Å². The first-order valence-corrected chi connectivity index (χ1v) is 7.79. The number of halogens is 2. The van der Waals surface area contributed by atoms with Gasteiger partial charge in [0.15, 0.2) is 0 Å². The molecular weight excluding hydrogens is 327 g/mol. The first-order chi connectivity index (χ1) is 9.24. The van der Waals surface area contributed by atoms with Crippen molar-refractivity contribution in [2.24, 2.45) is 5.10 Å². The highest BCUT2D eigenvalue weighted by Gasteiger charge is 2.27. The predicted molar refractivity (Wildman–Crippen MR) is 76.1 cm³/mol. The Kier molecular flexibility index (Phi) is 4.06. The molecule has 1 N–H and O–H groups in total. The maximum absolute atomic E-state index is 11.8. The number of carbonyl (C=O) groups excluding carboxylic acids is 1. The summed E-state index contributed by atoms with van der Waals surface area (Å²) in [6.07, 6.45) is 0.832. The zero-order valence-corrected chi connectivity index (χ0v) is 12.6. The molecule has 1 heterocycles. The van der Waals surface area contributed by atoms with E-state index >= 15 is 0 Å². The minimum Gasteiger partial charge on any atom is -0.282 e. The Labute approximate surface area is 125 Å². The Morgan fingerprint density at radius 1 is 1.35 bits per heavy atom. The van der Waals surface area contributed by atoms with E-state index < -0.39 is 15.0 Å². The molecule has 20 heavy (non-hydrogen) atoms. The third kappa shape index (κ3) is 2.80. The number of hydrogen-bond acceptors (Lipinski definition) is 4. The molecule has 2 rings (SSSR count). The second kappa shape index (κ2) is 5.33. The summed E-state index contributed by atoms with van der Waals surface area (Å²) in [5, 5.41) is 4.67. The third-order valence-electron chi connectivity index (χ3n) is 2.73. The largest absolute Gasteiger partial charge is 0.297 e. The van der Waals surface area contributed by atoms with Gasteiger partial charge < -0.3 is 0 Å². The normalized spacial score (nSPS) is 15.7. The van der Waals surface area contributed by atoms with E-state index in [1.807, 2.05) is 6.92 Å². The van der Waals surface area contributed by atoms with Crippen LogP contribution in [-0.4, -0.2) is 24.6 Å². The lowest BCUT2D eigenvalue weighted by Crippen LogP contribution is -2.19. The highest BCUT2D eigenvalue weighted by molar-refractivity contribution is 7.86. The van der Waals surface area contributed by atoms with Crippen molar-refractivity contribution in [3.05, 3.63) is 22.2 Å². The highest BCUT2D eigenvalue weighted by atomic mass is 35.5. The van der Waals surface area contributed by atoms with Gasteiger partial charge in [-0.25, -0.2) is 5.01 Å². The second-order valence-electron chi connectivity index (χ2n) is 4.12. The molecule has 0 saturated carbocycles. The van der Waals surface area contributed by atoms with Gasteiger partial charge >= 0.3 is 0 Å². The van der Waals surface area contributed by atoms with Gasteiger partial charge in [-0.2, -0.15) is 13.5 Å². The molecule has 0 aliphatic carbocycles. The molecule has 0 radical (unpaired) electrons. The first kappa shape index (κ1) is 15.2. The molecule has 1 aromatic rings. The van der Waals surface area contributed by atoms with Gasteiger partial charge in [0, 0.05) is 5.71 Å². The van der Waals surface area contributed by atoms with E-state index in [4.69, 9.17) is 27.8 Å². The number of benzene rings is 1. The van der Waals surface area contributed by atoms with Crippen LogP contribution in [0.15, 0.2) is 22.1 Å². The van der Waals surface area contributed by atoms with E-state index in [0.29, 0.717) is 12.1 Å². The molecule has 0 atom stereocenters. The van der Waals surface area contributed by atoms with Crippen LogP contribution in [0.1, 0.15) is 19.8 Å². The Bertz CT molecular complexity index is 692. The lowest BCUT2D eigenvalue weighted by atomic mass is 10.2. The Hall–Kier alpha value is -1.15. The average molecular weight is 337 g/mol. The lowest BCUT2D eigenvalue weighted by Gasteiger charge is -2.14. The van der Waals surface area contributed by atoms with Crippen LogP contribution in [0, 0.1) is 0 Å². The predicted octanol–water partition coefficient (Wildman–Crippen LogP) is 2.74. The van der Waals surface area contributed by atoms with Crippen LogP contribution >= 0.6 is 23.2 Å². The molecule has 9 heteroatoms. The quantitative estimate of drug-likeness (QED) is 0.859. The van der Waals surface area contributed by atoms with Gasteiger partial charge in [-0.3, -0.25) is 9.35 Å². The minimum atomic E-state index is -4.54. The van der Waals surface area contributed by atoms with Crippen molar-refractivity contribution in [2.45, 2.75) is 24.7 Å². The van der Waals surface area contributed by atoms with E-state index in [2.05, 4.69) is 5.10 Å². The van der Waals surface area contributed by atoms with E-state index in [-0.39, 0.29) is 28.1 Å². The average Bonchev–Trinajstić information content (AvgIpc) is 2.67. The number of hydrazone groups is 1. The van der Waals surface area contributed by atoms with Crippen LogP contribution in [0.3, 0.4) is 0 Å². The maximum Gasteiger partial charge on any atom is 0.297 e. The monoisotopic (exact) mass is 336 g/mol. The van der Waals surface area contributed by atoms with E-state index in [1.165, 1.54) is 12.1 Å². The fraction of sp³-hybridized carbons (Fsp3) is 0.273. The fourth-order valence-electron chi connectivity index (χ4n) is 1.79.